The Bertz CT molecular complexity index is 1310. The standard InChI is InChI=1S/C30H42N4O6S.ClH/c1-5-6-17-34-28(36)26(27(35)21(2)3)31-29(37)30(34)15-18-33(19-16-30)20-22-7-11-24(12-8-22)40-25-13-9-23(10-14-25)32-41(4,38)39;/h7-14,21,26-27,32,35H,5-6,15-20H2,1-4H3,(H,31,37);1H/t26-,27+;/m1./s1. The Balaban J connectivity index is 0.00000484. The number of sulfonamides is 1. The predicted octanol–water partition coefficient (Wildman–Crippen LogP) is 3.75. The molecule has 232 valence electrons. The zero-order valence-corrected chi connectivity index (χ0v) is 26.3. The van der Waals surface area contributed by atoms with Crippen molar-refractivity contribution in [3.63, 3.8) is 0 Å². The number of ether oxygens (including phenoxy) is 1. The van der Waals surface area contributed by atoms with Gasteiger partial charge in [-0.1, -0.05) is 39.3 Å². The molecule has 1 spiro atoms. The van der Waals surface area contributed by atoms with Crippen molar-refractivity contribution < 1.29 is 27.9 Å². The van der Waals surface area contributed by atoms with Crippen molar-refractivity contribution in [3.05, 3.63) is 54.1 Å². The van der Waals surface area contributed by atoms with Gasteiger partial charge in [0, 0.05) is 31.9 Å². The summed E-state index contributed by atoms with van der Waals surface area (Å²) in [6, 6.07) is 13.6. The molecule has 0 aliphatic carbocycles. The van der Waals surface area contributed by atoms with E-state index in [4.69, 9.17) is 4.74 Å². The number of aliphatic hydroxyl groups excluding tert-OH is 1. The number of halogens is 1. The number of piperazine rings is 1. The van der Waals surface area contributed by atoms with Crippen LogP contribution < -0.4 is 14.8 Å². The fraction of sp³-hybridized carbons (Fsp3) is 0.533. The average Bonchev–Trinajstić information content (AvgIpc) is 2.93. The van der Waals surface area contributed by atoms with E-state index in [0.717, 1.165) is 24.7 Å². The maximum atomic E-state index is 13.5. The fourth-order valence-electron chi connectivity index (χ4n) is 5.54. The van der Waals surface area contributed by atoms with Crippen LogP contribution in [-0.2, 0) is 26.2 Å². The summed E-state index contributed by atoms with van der Waals surface area (Å²) >= 11 is 0. The highest BCUT2D eigenvalue weighted by Crippen LogP contribution is 2.35. The first-order valence-corrected chi connectivity index (χ1v) is 16.2. The van der Waals surface area contributed by atoms with Crippen molar-refractivity contribution >= 4 is 39.9 Å². The summed E-state index contributed by atoms with van der Waals surface area (Å²) in [6.45, 7) is 8.33. The molecule has 0 unspecified atom stereocenters. The summed E-state index contributed by atoms with van der Waals surface area (Å²) in [6.07, 6.45) is 3.00. The Kier molecular flexibility index (Phi) is 11.3. The van der Waals surface area contributed by atoms with Gasteiger partial charge in [0.05, 0.1) is 12.4 Å². The lowest BCUT2D eigenvalue weighted by Gasteiger charge is -2.52. The van der Waals surface area contributed by atoms with Crippen molar-refractivity contribution in [2.45, 2.75) is 70.7 Å². The van der Waals surface area contributed by atoms with Gasteiger partial charge in [-0.2, -0.15) is 0 Å². The topological polar surface area (TPSA) is 128 Å². The molecule has 2 aliphatic heterocycles. The molecule has 42 heavy (non-hydrogen) atoms. The van der Waals surface area contributed by atoms with Gasteiger partial charge in [-0.3, -0.25) is 19.2 Å². The molecule has 3 N–H and O–H groups in total. The van der Waals surface area contributed by atoms with Crippen molar-refractivity contribution in [1.29, 1.82) is 0 Å². The molecule has 2 aliphatic rings. The number of hydrogen-bond acceptors (Lipinski definition) is 7. The first-order valence-electron chi connectivity index (χ1n) is 14.3. The highest BCUT2D eigenvalue weighted by molar-refractivity contribution is 7.92. The highest BCUT2D eigenvalue weighted by Gasteiger charge is 2.54. The Morgan fingerprint density at radius 3 is 2.14 bits per heavy atom. The Morgan fingerprint density at radius 2 is 1.62 bits per heavy atom. The number of nitrogens with one attached hydrogen (secondary N) is 2. The maximum absolute atomic E-state index is 13.5. The first kappa shape index (κ1) is 33.6. The van der Waals surface area contributed by atoms with E-state index in [-0.39, 0.29) is 30.1 Å². The summed E-state index contributed by atoms with van der Waals surface area (Å²) in [5.74, 6) is 0.782. The van der Waals surface area contributed by atoms with E-state index in [0.29, 0.717) is 56.2 Å². The lowest BCUT2D eigenvalue weighted by atomic mass is 9.80. The van der Waals surface area contributed by atoms with Crippen molar-refractivity contribution in [1.82, 2.24) is 15.1 Å². The van der Waals surface area contributed by atoms with Gasteiger partial charge in [0.25, 0.3) is 0 Å². The number of likely N-dealkylation sites (tertiary alicyclic amines) is 1. The second kappa shape index (κ2) is 14.1. The van der Waals surface area contributed by atoms with Crippen molar-refractivity contribution in [2.24, 2.45) is 5.92 Å². The molecule has 2 aromatic rings. The van der Waals surface area contributed by atoms with Crippen LogP contribution in [0.25, 0.3) is 0 Å². The molecule has 2 fully saturated rings. The minimum atomic E-state index is -3.34. The van der Waals surface area contributed by atoms with Gasteiger partial charge in [0.2, 0.25) is 21.8 Å². The predicted molar refractivity (Wildman–Crippen MR) is 165 cm³/mol. The number of nitrogens with zero attached hydrogens (tertiary/aromatic N) is 2. The number of carbonyl (C=O) groups excluding carboxylic acids is 2. The van der Waals surface area contributed by atoms with Crippen LogP contribution in [-0.4, -0.2) is 78.7 Å². The van der Waals surface area contributed by atoms with Gasteiger partial charge in [-0.15, -0.1) is 12.4 Å². The number of anilines is 1. The maximum Gasteiger partial charge on any atom is 0.248 e. The third-order valence-electron chi connectivity index (χ3n) is 7.92. The molecular weight excluding hydrogens is 580 g/mol. The number of aliphatic hydroxyl groups is 1. The molecular formula is C30H43ClN4O6S. The van der Waals surface area contributed by atoms with Gasteiger partial charge in [-0.05, 0) is 67.1 Å². The summed E-state index contributed by atoms with van der Waals surface area (Å²) < 4.78 is 31.1. The molecule has 0 radical (unpaired) electrons. The van der Waals surface area contributed by atoms with E-state index in [9.17, 15) is 23.1 Å². The number of unbranched alkanes of at least 4 members (excludes halogenated alkanes) is 1. The van der Waals surface area contributed by atoms with E-state index in [2.05, 4.69) is 21.9 Å². The zero-order valence-electron chi connectivity index (χ0n) is 24.7. The molecule has 2 saturated heterocycles. The second-order valence-electron chi connectivity index (χ2n) is 11.5. The summed E-state index contributed by atoms with van der Waals surface area (Å²) in [4.78, 5) is 31.0. The van der Waals surface area contributed by atoms with E-state index in [1.807, 2.05) is 38.1 Å². The van der Waals surface area contributed by atoms with Gasteiger partial charge in [-0.25, -0.2) is 8.42 Å². The lowest BCUT2D eigenvalue weighted by molar-refractivity contribution is -0.165. The minimum absolute atomic E-state index is 0. The van der Waals surface area contributed by atoms with Crippen molar-refractivity contribution in [2.75, 3.05) is 30.6 Å². The molecule has 0 saturated carbocycles. The third-order valence-corrected chi connectivity index (χ3v) is 8.53. The van der Waals surface area contributed by atoms with Crippen LogP contribution >= 0.6 is 12.4 Å². The zero-order chi connectivity index (χ0) is 29.8. The minimum Gasteiger partial charge on any atom is -0.457 e. The number of hydrogen-bond donors (Lipinski definition) is 3. The number of rotatable bonds is 11. The molecule has 0 bridgehead atoms. The Hall–Kier alpha value is -2.86. The monoisotopic (exact) mass is 622 g/mol. The van der Waals surface area contributed by atoms with Gasteiger partial charge in [0.15, 0.2) is 0 Å². The lowest BCUT2D eigenvalue weighted by Crippen LogP contribution is -2.74. The molecule has 2 aromatic carbocycles. The SMILES string of the molecule is CCCCN1C(=O)[C@@H]([C@@H](O)C(C)C)NC(=O)C12CCN(Cc1ccc(Oc3ccc(NS(C)(=O)=O)cc3)cc1)CC2.Cl. The molecule has 2 amide bonds. The van der Waals surface area contributed by atoms with Crippen LogP contribution in [0.1, 0.15) is 52.0 Å². The normalized spacial score (nSPS) is 19.8. The van der Waals surface area contributed by atoms with Crippen LogP contribution in [0, 0.1) is 5.92 Å². The molecule has 2 atom stereocenters. The Morgan fingerprint density at radius 1 is 1.05 bits per heavy atom. The quantitative estimate of drug-likeness (QED) is 0.348. The van der Waals surface area contributed by atoms with E-state index in [1.165, 1.54) is 0 Å². The van der Waals surface area contributed by atoms with Crippen molar-refractivity contribution in [3.8, 4) is 11.5 Å². The molecule has 10 nitrogen and oxygen atoms in total. The number of amides is 2. The average molecular weight is 623 g/mol. The van der Waals surface area contributed by atoms with Gasteiger partial charge in [0.1, 0.15) is 23.1 Å². The second-order valence-corrected chi connectivity index (χ2v) is 13.2. The van der Waals surface area contributed by atoms with Crippen LogP contribution in [0.3, 0.4) is 0 Å². The van der Waals surface area contributed by atoms with Gasteiger partial charge < -0.3 is 20.1 Å². The summed E-state index contributed by atoms with van der Waals surface area (Å²) in [7, 11) is -3.34. The number of benzene rings is 2. The highest BCUT2D eigenvalue weighted by atomic mass is 35.5. The number of carbonyl (C=O) groups is 2. The summed E-state index contributed by atoms with van der Waals surface area (Å²) in [5.41, 5.74) is 0.697. The third kappa shape index (κ3) is 7.94. The van der Waals surface area contributed by atoms with Gasteiger partial charge >= 0.3 is 0 Å². The van der Waals surface area contributed by atoms with Crippen LogP contribution in [0.5, 0.6) is 11.5 Å². The first-order chi connectivity index (χ1) is 19.4. The Labute approximate surface area is 255 Å². The van der Waals surface area contributed by atoms with Crippen LogP contribution in [0.4, 0.5) is 5.69 Å². The molecule has 2 heterocycles. The summed E-state index contributed by atoms with van der Waals surface area (Å²) in [5, 5.41) is 13.5. The molecule has 12 heteroatoms. The largest absolute Gasteiger partial charge is 0.457 e. The van der Waals surface area contributed by atoms with Crippen LogP contribution in [0.2, 0.25) is 0 Å². The van der Waals surface area contributed by atoms with E-state index < -0.39 is 27.7 Å². The fourth-order valence-corrected chi connectivity index (χ4v) is 6.10. The molecule has 0 aromatic heterocycles. The smallest absolute Gasteiger partial charge is 0.248 e. The molecule has 4 rings (SSSR count). The van der Waals surface area contributed by atoms with E-state index in [1.54, 1.807) is 29.2 Å². The van der Waals surface area contributed by atoms with E-state index >= 15 is 0 Å². The number of piperidine rings is 1. The van der Waals surface area contributed by atoms with Crippen LogP contribution in [0.15, 0.2) is 48.5 Å².